The Kier molecular flexibility index (Phi) is 56.7. The van der Waals surface area contributed by atoms with E-state index in [1.165, 1.54) is 205 Å². The van der Waals surface area contributed by atoms with E-state index in [0.717, 1.165) is 77.0 Å². The highest BCUT2D eigenvalue weighted by molar-refractivity contribution is 5.71. The molecule has 0 amide bonds. The Morgan fingerprint density at radius 2 is 0.514 bits per heavy atom. The van der Waals surface area contributed by atoms with E-state index in [9.17, 15) is 14.4 Å². The summed E-state index contributed by atoms with van der Waals surface area (Å²) in [4.78, 5) is 38.2. The van der Waals surface area contributed by atoms with Crippen LogP contribution in [0.2, 0.25) is 0 Å². The Morgan fingerprint density at radius 1 is 0.286 bits per heavy atom. The Bertz CT molecular complexity index is 1220. The SMILES string of the molecule is CCCCCCC/C=C\C/C=C\C/C=C\CCCCCCCCC(=O)OCC(COC(=O)CCCCCCCCCCCCCCCC)OC(=O)CCCCCCCCC/C=C\CCCCCCCC. The van der Waals surface area contributed by atoms with E-state index < -0.39 is 6.10 Å². The van der Waals surface area contributed by atoms with Gasteiger partial charge in [0.15, 0.2) is 6.10 Å². The van der Waals surface area contributed by atoms with Crippen LogP contribution in [-0.4, -0.2) is 37.2 Å². The number of hydrogen-bond acceptors (Lipinski definition) is 6. The summed E-state index contributed by atoms with van der Waals surface area (Å²) in [5, 5.41) is 0. The van der Waals surface area contributed by atoms with Crippen LogP contribution in [0.5, 0.6) is 0 Å². The van der Waals surface area contributed by atoms with Crippen LogP contribution in [0.25, 0.3) is 0 Å². The number of carbonyl (C=O) groups excluding carboxylic acids is 3. The second kappa shape index (κ2) is 58.9. The number of esters is 3. The van der Waals surface area contributed by atoms with E-state index in [1.807, 2.05) is 0 Å². The molecule has 0 aromatic rings. The predicted molar refractivity (Wildman–Crippen MR) is 302 cm³/mol. The summed E-state index contributed by atoms with van der Waals surface area (Å²) in [6, 6.07) is 0. The summed E-state index contributed by atoms with van der Waals surface area (Å²) in [5.74, 6) is -0.876. The van der Waals surface area contributed by atoms with Crippen molar-refractivity contribution in [1.82, 2.24) is 0 Å². The summed E-state index contributed by atoms with van der Waals surface area (Å²) in [6.07, 6.45) is 72.4. The first-order valence-corrected chi connectivity index (χ1v) is 30.6. The molecule has 408 valence electrons. The van der Waals surface area contributed by atoms with Gasteiger partial charge in [-0.3, -0.25) is 14.4 Å². The molecule has 0 saturated heterocycles. The zero-order valence-corrected chi connectivity index (χ0v) is 46.8. The molecule has 0 aromatic heterocycles. The van der Waals surface area contributed by atoms with Crippen LogP contribution in [0.4, 0.5) is 0 Å². The van der Waals surface area contributed by atoms with Crippen LogP contribution in [0.1, 0.15) is 323 Å². The first kappa shape index (κ1) is 67.4. The summed E-state index contributed by atoms with van der Waals surface area (Å²) in [5.41, 5.74) is 0. The molecule has 1 atom stereocenters. The maximum absolute atomic E-state index is 12.9. The fraction of sp³-hybridized carbons (Fsp3) is 0.828. The monoisotopic (exact) mass is 981 g/mol. The molecule has 70 heavy (non-hydrogen) atoms. The standard InChI is InChI=1S/C64H116O6/c1-4-7-10-13-16-19-22-25-28-30-31-32-33-35-36-39-42-45-48-51-54-57-63(66)69-60-61(59-68-62(65)56-53-50-47-44-41-38-27-24-21-18-15-12-9-6-3)70-64(67)58-55-52-49-46-43-40-37-34-29-26-23-20-17-14-11-8-5-2/h22,25-26,29-31,33,35,61H,4-21,23-24,27-28,32,34,36-60H2,1-3H3/b25-22-,29-26-,31-30-,35-33-. The van der Waals surface area contributed by atoms with Gasteiger partial charge in [-0.1, -0.05) is 268 Å². The molecule has 1 unspecified atom stereocenters. The molecule has 0 saturated carbocycles. The highest BCUT2D eigenvalue weighted by Crippen LogP contribution is 2.16. The van der Waals surface area contributed by atoms with E-state index in [0.29, 0.717) is 19.3 Å². The topological polar surface area (TPSA) is 78.9 Å². The summed E-state index contributed by atoms with van der Waals surface area (Å²) >= 11 is 0. The number of unbranched alkanes of at least 4 members (excludes halogenated alkanes) is 37. The average Bonchev–Trinajstić information content (AvgIpc) is 3.36. The van der Waals surface area contributed by atoms with Gasteiger partial charge in [-0.15, -0.1) is 0 Å². The minimum Gasteiger partial charge on any atom is -0.462 e. The molecule has 0 aromatic carbocycles. The lowest BCUT2D eigenvalue weighted by Gasteiger charge is -2.18. The second-order valence-electron chi connectivity index (χ2n) is 20.6. The Balaban J connectivity index is 4.36. The van der Waals surface area contributed by atoms with E-state index >= 15 is 0 Å². The Labute approximate surface area is 435 Å². The largest absolute Gasteiger partial charge is 0.462 e. The quantitative estimate of drug-likeness (QED) is 0.0261. The third-order valence-corrected chi connectivity index (χ3v) is 13.6. The highest BCUT2D eigenvalue weighted by atomic mass is 16.6. The van der Waals surface area contributed by atoms with Crippen LogP contribution in [0.3, 0.4) is 0 Å². The third kappa shape index (κ3) is 56.3. The summed E-state index contributed by atoms with van der Waals surface area (Å²) in [7, 11) is 0. The third-order valence-electron chi connectivity index (χ3n) is 13.6. The zero-order valence-electron chi connectivity index (χ0n) is 46.8. The molecule has 0 bridgehead atoms. The van der Waals surface area contributed by atoms with Gasteiger partial charge in [-0.05, 0) is 83.5 Å². The van der Waals surface area contributed by atoms with E-state index in [4.69, 9.17) is 14.2 Å². The molecule has 0 fully saturated rings. The normalized spacial score (nSPS) is 12.3. The van der Waals surface area contributed by atoms with Crippen LogP contribution < -0.4 is 0 Å². The van der Waals surface area contributed by atoms with Gasteiger partial charge in [0, 0.05) is 19.3 Å². The van der Waals surface area contributed by atoms with Gasteiger partial charge in [0.1, 0.15) is 13.2 Å². The zero-order chi connectivity index (χ0) is 50.7. The van der Waals surface area contributed by atoms with Gasteiger partial charge >= 0.3 is 17.9 Å². The molecule has 6 heteroatoms. The minimum absolute atomic E-state index is 0.0759. The molecule has 0 aliphatic heterocycles. The van der Waals surface area contributed by atoms with Crippen LogP contribution in [0.15, 0.2) is 48.6 Å². The van der Waals surface area contributed by atoms with Gasteiger partial charge in [-0.25, -0.2) is 0 Å². The van der Waals surface area contributed by atoms with Gasteiger partial charge in [0.05, 0.1) is 0 Å². The molecule has 6 nitrogen and oxygen atoms in total. The van der Waals surface area contributed by atoms with Crippen LogP contribution in [-0.2, 0) is 28.6 Å². The van der Waals surface area contributed by atoms with Crippen molar-refractivity contribution in [3.8, 4) is 0 Å². The minimum atomic E-state index is -0.779. The second-order valence-corrected chi connectivity index (χ2v) is 20.6. The number of carbonyl (C=O) groups is 3. The number of rotatable bonds is 56. The Morgan fingerprint density at radius 3 is 0.814 bits per heavy atom. The van der Waals surface area contributed by atoms with Gasteiger partial charge in [-0.2, -0.15) is 0 Å². The predicted octanol–water partition coefficient (Wildman–Crippen LogP) is 20.6. The van der Waals surface area contributed by atoms with Crippen molar-refractivity contribution in [2.24, 2.45) is 0 Å². The van der Waals surface area contributed by atoms with Crippen molar-refractivity contribution in [3.05, 3.63) is 48.6 Å². The van der Waals surface area contributed by atoms with Crippen LogP contribution in [0, 0.1) is 0 Å². The fourth-order valence-electron chi connectivity index (χ4n) is 8.92. The maximum Gasteiger partial charge on any atom is 0.306 e. The first-order chi connectivity index (χ1) is 34.5. The fourth-order valence-corrected chi connectivity index (χ4v) is 8.92. The molecule has 0 N–H and O–H groups in total. The van der Waals surface area contributed by atoms with E-state index in [1.54, 1.807) is 0 Å². The molecule has 0 spiro atoms. The van der Waals surface area contributed by atoms with Gasteiger partial charge in [0.2, 0.25) is 0 Å². The van der Waals surface area contributed by atoms with Crippen molar-refractivity contribution in [2.75, 3.05) is 13.2 Å². The lowest BCUT2D eigenvalue weighted by molar-refractivity contribution is -0.167. The van der Waals surface area contributed by atoms with Gasteiger partial charge in [0.25, 0.3) is 0 Å². The smallest absolute Gasteiger partial charge is 0.306 e. The van der Waals surface area contributed by atoms with Crippen molar-refractivity contribution in [3.63, 3.8) is 0 Å². The molecule has 0 rings (SSSR count). The van der Waals surface area contributed by atoms with Crippen LogP contribution >= 0.6 is 0 Å². The number of allylic oxidation sites excluding steroid dienone is 8. The average molecular weight is 982 g/mol. The summed E-state index contributed by atoms with van der Waals surface area (Å²) < 4.78 is 16.9. The molecular weight excluding hydrogens is 865 g/mol. The molecule has 0 aliphatic rings. The molecular formula is C64H116O6. The highest BCUT2D eigenvalue weighted by Gasteiger charge is 2.19. The first-order valence-electron chi connectivity index (χ1n) is 30.6. The van der Waals surface area contributed by atoms with E-state index in [2.05, 4.69) is 69.4 Å². The van der Waals surface area contributed by atoms with Crippen molar-refractivity contribution < 1.29 is 28.6 Å². The number of ether oxygens (including phenoxy) is 3. The molecule has 0 heterocycles. The number of hydrogen-bond donors (Lipinski definition) is 0. The maximum atomic E-state index is 12.9. The van der Waals surface area contributed by atoms with Crippen molar-refractivity contribution >= 4 is 17.9 Å². The van der Waals surface area contributed by atoms with Crippen molar-refractivity contribution in [2.45, 2.75) is 329 Å². The lowest BCUT2D eigenvalue weighted by Crippen LogP contribution is -2.30. The summed E-state index contributed by atoms with van der Waals surface area (Å²) in [6.45, 7) is 6.65. The lowest BCUT2D eigenvalue weighted by atomic mass is 10.0. The molecule has 0 radical (unpaired) electrons. The van der Waals surface area contributed by atoms with E-state index in [-0.39, 0.29) is 31.1 Å². The van der Waals surface area contributed by atoms with Crippen molar-refractivity contribution in [1.29, 1.82) is 0 Å². The molecule has 0 aliphatic carbocycles. The van der Waals surface area contributed by atoms with Gasteiger partial charge < -0.3 is 14.2 Å². The Hall–Kier alpha value is -2.63.